The number of hydrogen-bond acceptors (Lipinski definition) is 5. The summed E-state index contributed by atoms with van der Waals surface area (Å²) in [4.78, 5) is 15.6. The Morgan fingerprint density at radius 2 is 2.22 bits per heavy atom. The van der Waals surface area contributed by atoms with E-state index in [2.05, 4.69) is 4.98 Å². The maximum atomic E-state index is 11.1. The van der Waals surface area contributed by atoms with E-state index in [1.54, 1.807) is 12.1 Å². The monoisotopic (exact) mass is 251 g/mol. The fourth-order valence-electron chi connectivity index (χ4n) is 2.17. The Balaban J connectivity index is 2.47. The van der Waals surface area contributed by atoms with Gasteiger partial charge in [0.2, 0.25) is 0 Å². The van der Waals surface area contributed by atoms with Crippen molar-refractivity contribution in [2.75, 3.05) is 20.7 Å². The molecule has 0 aliphatic rings. The second-order valence-electron chi connectivity index (χ2n) is 4.52. The number of nitrogens with one attached hydrogen (secondary N) is 1. The van der Waals surface area contributed by atoms with Gasteiger partial charge in [0.25, 0.3) is 0 Å². The lowest BCUT2D eigenvalue weighted by Gasteiger charge is -2.29. The Hall–Kier alpha value is -1.63. The molecule has 0 bridgehead atoms. The number of oxazole rings is 1. The first-order chi connectivity index (χ1) is 8.52. The fraction of sp³-hybridized carbons (Fsp3) is 0.417. The van der Waals surface area contributed by atoms with Gasteiger partial charge >= 0.3 is 5.76 Å². The molecular formula is C12H17N3O3. The zero-order valence-corrected chi connectivity index (χ0v) is 10.4. The minimum absolute atomic E-state index is 0.113. The van der Waals surface area contributed by atoms with Gasteiger partial charge in [-0.1, -0.05) is 6.07 Å². The third-order valence-corrected chi connectivity index (χ3v) is 2.96. The van der Waals surface area contributed by atoms with Crippen LogP contribution in [-0.4, -0.2) is 41.7 Å². The van der Waals surface area contributed by atoms with Gasteiger partial charge in [-0.3, -0.25) is 4.98 Å². The van der Waals surface area contributed by atoms with Gasteiger partial charge in [-0.2, -0.15) is 0 Å². The number of nitrogens with two attached hydrogens (primary N) is 1. The second-order valence-corrected chi connectivity index (χ2v) is 4.52. The maximum absolute atomic E-state index is 11.1. The number of H-pyrrole nitrogens is 1. The fourth-order valence-corrected chi connectivity index (χ4v) is 2.17. The number of aliphatic hydroxyl groups excluding tert-OH is 1. The number of benzene rings is 1. The van der Waals surface area contributed by atoms with E-state index in [0.717, 1.165) is 5.56 Å². The van der Waals surface area contributed by atoms with Crippen LogP contribution in [0.25, 0.3) is 11.1 Å². The Bertz CT molecular complexity index is 588. The van der Waals surface area contributed by atoms with E-state index in [0.29, 0.717) is 11.1 Å². The maximum Gasteiger partial charge on any atom is 0.417 e. The Kier molecular flexibility index (Phi) is 3.51. The molecule has 0 saturated heterocycles. The first-order valence-corrected chi connectivity index (χ1v) is 5.68. The van der Waals surface area contributed by atoms with Gasteiger partial charge in [0.1, 0.15) is 0 Å². The lowest BCUT2D eigenvalue weighted by atomic mass is 9.99. The molecule has 0 amide bonds. The normalized spacial score (nSPS) is 15.2. The molecule has 1 heterocycles. The summed E-state index contributed by atoms with van der Waals surface area (Å²) in [6.45, 7) is -0.113. The van der Waals surface area contributed by atoms with Crippen molar-refractivity contribution in [2.24, 2.45) is 5.73 Å². The molecule has 2 aromatic rings. The van der Waals surface area contributed by atoms with Crippen LogP contribution in [0.4, 0.5) is 0 Å². The smallest absolute Gasteiger partial charge is 0.408 e. The van der Waals surface area contributed by atoms with E-state index in [9.17, 15) is 9.90 Å². The highest BCUT2D eigenvalue weighted by Gasteiger charge is 2.22. The number of aromatic amines is 1. The molecular weight excluding hydrogens is 234 g/mol. The van der Waals surface area contributed by atoms with Crippen LogP contribution < -0.4 is 11.5 Å². The molecule has 6 heteroatoms. The first kappa shape index (κ1) is 12.8. The van der Waals surface area contributed by atoms with Crippen LogP contribution >= 0.6 is 0 Å². The number of fused-ring (bicyclic) bond motifs is 1. The standard InChI is InChI=1S/C12H17N3O3/c1-15(2)11(8(13)6-16)7-3-4-9-10(5-7)18-12(17)14-9/h3-5,8,11,16H,6,13H2,1-2H3,(H,14,17). The van der Waals surface area contributed by atoms with Gasteiger partial charge in [-0.25, -0.2) is 4.79 Å². The highest BCUT2D eigenvalue weighted by molar-refractivity contribution is 5.72. The van der Waals surface area contributed by atoms with Crippen LogP contribution in [0.2, 0.25) is 0 Å². The minimum Gasteiger partial charge on any atom is -0.408 e. The predicted molar refractivity (Wildman–Crippen MR) is 68.3 cm³/mol. The van der Waals surface area contributed by atoms with Gasteiger partial charge in [-0.15, -0.1) is 0 Å². The third kappa shape index (κ3) is 2.31. The van der Waals surface area contributed by atoms with Crippen molar-refractivity contribution in [3.63, 3.8) is 0 Å². The summed E-state index contributed by atoms with van der Waals surface area (Å²) in [6.07, 6.45) is 0. The summed E-state index contributed by atoms with van der Waals surface area (Å²) in [6, 6.07) is 4.88. The second kappa shape index (κ2) is 4.93. The van der Waals surface area contributed by atoms with Crippen molar-refractivity contribution in [3.05, 3.63) is 34.3 Å². The number of nitrogens with zero attached hydrogens (tertiary/aromatic N) is 1. The summed E-state index contributed by atoms with van der Waals surface area (Å²) in [5.41, 5.74) is 7.95. The quantitative estimate of drug-likeness (QED) is 0.713. The highest BCUT2D eigenvalue weighted by Crippen LogP contribution is 2.24. The number of aliphatic hydroxyl groups is 1. The Morgan fingerprint density at radius 3 is 2.83 bits per heavy atom. The van der Waals surface area contributed by atoms with Crippen molar-refractivity contribution >= 4 is 11.1 Å². The van der Waals surface area contributed by atoms with Crippen molar-refractivity contribution in [1.82, 2.24) is 9.88 Å². The lowest BCUT2D eigenvalue weighted by Crippen LogP contribution is -2.39. The Morgan fingerprint density at radius 1 is 1.50 bits per heavy atom. The Labute approximate surface area is 104 Å². The van der Waals surface area contributed by atoms with E-state index in [1.807, 2.05) is 25.1 Å². The minimum atomic E-state index is -0.477. The predicted octanol–water partition coefficient (Wildman–Crippen LogP) is 0.0434. The molecule has 0 saturated carbocycles. The zero-order valence-electron chi connectivity index (χ0n) is 10.4. The number of likely N-dealkylation sites (N-methyl/N-ethyl adjacent to an activating group) is 1. The molecule has 1 aromatic heterocycles. The first-order valence-electron chi connectivity index (χ1n) is 5.68. The SMILES string of the molecule is CN(C)C(c1ccc2[nH]c(=O)oc2c1)C(N)CO. The van der Waals surface area contributed by atoms with Crippen LogP contribution in [0.15, 0.2) is 27.4 Å². The molecule has 0 aliphatic carbocycles. The lowest BCUT2D eigenvalue weighted by molar-refractivity contribution is 0.181. The largest absolute Gasteiger partial charge is 0.417 e. The molecule has 2 unspecified atom stereocenters. The van der Waals surface area contributed by atoms with Gasteiger partial charge in [0, 0.05) is 6.04 Å². The van der Waals surface area contributed by atoms with E-state index in [1.165, 1.54) is 0 Å². The van der Waals surface area contributed by atoms with Gasteiger partial charge in [0.15, 0.2) is 5.58 Å². The van der Waals surface area contributed by atoms with Gasteiger partial charge < -0.3 is 20.2 Å². The van der Waals surface area contributed by atoms with E-state index in [-0.39, 0.29) is 12.6 Å². The highest BCUT2D eigenvalue weighted by atomic mass is 16.4. The van der Waals surface area contributed by atoms with Crippen molar-refractivity contribution in [1.29, 1.82) is 0 Å². The molecule has 0 spiro atoms. The third-order valence-electron chi connectivity index (χ3n) is 2.96. The summed E-state index contributed by atoms with van der Waals surface area (Å²) in [5.74, 6) is -0.477. The van der Waals surface area contributed by atoms with E-state index < -0.39 is 11.8 Å². The molecule has 6 nitrogen and oxygen atoms in total. The summed E-state index contributed by atoms with van der Waals surface area (Å²) in [5, 5.41) is 9.20. The van der Waals surface area contributed by atoms with Gasteiger partial charge in [-0.05, 0) is 31.8 Å². The molecule has 0 aliphatic heterocycles. The zero-order chi connectivity index (χ0) is 13.3. The van der Waals surface area contributed by atoms with Crippen molar-refractivity contribution < 1.29 is 9.52 Å². The van der Waals surface area contributed by atoms with E-state index >= 15 is 0 Å². The number of aromatic nitrogens is 1. The van der Waals surface area contributed by atoms with Crippen LogP contribution in [0, 0.1) is 0 Å². The van der Waals surface area contributed by atoms with Crippen LogP contribution in [0.3, 0.4) is 0 Å². The van der Waals surface area contributed by atoms with Crippen LogP contribution in [0.5, 0.6) is 0 Å². The summed E-state index contributed by atoms with van der Waals surface area (Å²) >= 11 is 0. The van der Waals surface area contributed by atoms with Crippen molar-refractivity contribution in [2.45, 2.75) is 12.1 Å². The number of rotatable bonds is 4. The summed E-state index contributed by atoms with van der Waals surface area (Å²) in [7, 11) is 3.77. The molecule has 1 aromatic carbocycles. The topological polar surface area (TPSA) is 95.5 Å². The number of hydrogen-bond donors (Lipinski definition) is 3. The molecule has 2 atom stereocenters. The molecule has 4 N–H and O–H groups in total. The molecule has 2 rings (SSSR count). The van der Waals surface area contributed by atoms with Gasteiger partial charge in [0.05, 0.1) is 18.2 Å². The molecule has 0 fully saturated rings. The van der Waals surface area contributed by atoms with Crippen molar-refractivity contribution in [3.8, 4) is 0 Å². The van der Waals surface area contributed by atoms with Crippen LogP contribution in [-0.2, 0) is 0 Å². The van der Waals surface area contributed by atoms with E-state index in [4.69, 9.17) is 10.2 Å². The molecule has 18 heavy (non-hydrogen) atoms. The molecule has 98 valence electrons. The summed E-state index contributed by atoms with van der Waals surface area (Å²) < 4.78 is 5.02. The molecule has 0 radical (unpaired) electrons. The average molecular weight is 251 g/mol. The average Bonchev–Trinajstić information content (AvgIpc) is 2.68. The van der Waals surface area contributed by atoms with Crippen LogP contribution in [0.1, 0.15) is 11.6 Å².